The second-order valence-corrected chi connectivity index (χ2v) is 7.50. The molecule has 0 saturated carbocycles. The molecule has 0 fully saturated rings. The Labute approximate surface area is 160 Å². The summed E-state index contributed by atoms with van der Waals surface area (Å²) in [6.07, 6.45) is 6.14. The van der Waals surface area contributed by atoms with E-state index in [9.17, 15) is 4.79 Å². The first-order chi connectivity index (χ1) is 13.2. The van der Waals surface area contributed by atoms with Crippen molar-refractivity contribution in [3.8, 4) is 11.5 Å². The summed E-state index contributed by atoms with van der Waals surface area (Å²) in [5, 5.41) is 3.58. The van der Waals surface area contributed by atoms with Gasteiger partial charge in [-0.1, -0.05) is 24.3 Å². The largest absolute Gasteiger partial charge is 0.496 e. The summed E-state index contributed by atoms with van der Waals surface area (Å²) in [7, 11) is 1.76. The van der Waals surface area contributed by atoms with Crippen LogP contribution in [0.5, 0.6) is 11.5 Å². The van der Waals surface area contributed by atoms with Gasteiger partial charge in [0, 0.05) is 5.56 Å². The summed E-state index contributed by atoms with van der Waals surface area (Å²) in [5.74, 6) is 2.26. The molecule has 4 heteroatoms. The first-order valence-corrected chi connectivity index (χ1v) is 9.93. The van der Waals surface area contributed by atoms with Gasteiger partial charge in [-0.05, 0) is 79.9 Å². The Kier molecular flexibility index (Phi) is 5.44. The van der Waals surface area contributed by atoms with E-state index in [-0.39, 0.29) is 5.97 Å². The topological polar surface area (TPSA) is 47.6 Å². The molecule has 1 aliphatic heterocycles. The summed E-state index contributed by atoms with van der Waals surface area (Å²) in [6.45, 7) is 1.95. The van der Waals surface area contributed by atoms with Gasteiger partial charge in [-0.25, -0.2) is 0 Å². The molecule has 4 nitrogen and oxygen atoms in total. The van der Waals surface area contributed by atoms with Crippen molar-refractivity contribution in [2.45, 2.75) is 44.4 Å². The van der Waals surface area contributed by atoms with E-state index in [2.05, 4.69) is 29.6 Å². The average Bonchev–Trinajstić information content (AvgIpc) is 3.06. The molecular formula is C23H27NO3. The number of rotatable bonds is 7. The summed E-state index contributed by atoms with van der Waals surface area (Å²) in [6, 6.07) is 12.6. The maximum atomic E-state index is 11.3. The minimum Gasteiger partial charge on any atom is -0.496 e. The van der Waals surface area contributed by atoms with Gasteiger partial charge in [-0.2, -0.15) is 0 Å². The molecule has 1 N–H and O–H groups in total. The van der Waals surface area contributed by atoms with Crippen molar-refractivity contribution in [3.05, 3.63) is 58.7 Å². The lowest BCUT2D eigenvalue weighted by molar-refractivity contribution is -0.131. The van der Waals surface area contributed by atoms with E-state index in [1.165, 1.54) is 29.5 Å². The Bertz CT molecular complexity index is 830. The highest BCUT2D eigenvalue weighted by Gasteiger charge is 2.22. The molecule has 1 heterocycles. The van der Waals surface area contributed by atoms with Crippen LogP contribution in [-0.4, -0.2) is 26.2 Å². The van der Waals surface area contributed by atoms with Crippen LogP contribution in [-0.2, 0) is 24.1 Å². The van der Waals surface area contributed by atoms with E-state index in [1.807, 2.05) is 12.1 Å². The molecule has 0 spiro atoms. The summed E-state index contributed by atoms with van der Waals surface area (Å²) < 4.78 is 10.8. The van der Waals surface area contributed by atoms with Gasteiger partial charge in [0.25, 0.3) is 0 Å². The Hall–Kier alpha value is -2.33. The third kappa shape index (κ3) is 4.01. The van der Waals surface area contributed by atoms with E-state index >= 15 is 0 Å². The smallest absolute Gasteiger partial charge is 0.315 e. The summed E-state index contributed by atoms with van der Waals surface area (Å²) in [5.41, 5.74) is 5.10. The second-order valence-electron chi connectivity index (χ2n) is 7.50. The third-order valence-electron chi connectivity index (χ3n) is 5.76. The summed E-state index contributed by atoms with van der Waals surface area (Å²) >= 11 is 0. The van der Waals surface area contributed by atoms with Gasteiger partial charge >= 0.3 is 5.97 Å². The number of fused-ring (bicyclic) bond motifs is 2. The number of esters is 1. The normalized spacial score (nSPS) is 18.0. The SMILES string of the molecule is COc1cccc2c1CCCC2CCNCCc1ccc2c(c1)OC(=O)C2. The number of ether oxygens (including phenoxy) is 2. The number of hydrogen-bond donors (Lipinski definition) is 1. The first-order valence-electron chi connectivity index (χ1n) is 9.93. The maximum Gasteiger partial charge on any atom is 0.315 e. The highest BCUT2D eigenvalue weighted by molar-refractivity contribution is 5.81. The van der Waals surface area contributed by atoms with Crippen molar-refractivity contribution in [1.29, 1.82) is 0 Å². The van der Waals surface area contributed by atoms with Crippen LogP contribution >= 0.6 is 0 Å². The highest BCUT2D eigenvalue weighted by Crippen LogP contribution is 2.38. The Morgan fingerprint density at radius 3 is 3.04 bits per heavy atom. The molecule has 4 rings (SSSR count). The lowest BCUT2D eigenvalue weighted by Crippen LogP contribution is -2.22. The Morgan fingerprint density at radius 2 is 2.15 bits per heavy atom. The molecule has 1 atom stereocenters. The van der Waals surface area contributed by atoms with Crippen LogP contribution < -0.4 is 14.8 Å². The zero-order valence-corrected chi connectivity index (χ0v) is 15.9. The highest BCUT2D eigenvalue weighted by atomic mass is 16.5. The number of methoxy groups -OCH3 is 1. The minimum absolute atomic E-state index is 0.148. The predicted molar refractivity (Wildman–Crippen MR) is 106 cm³/mol. The molecule has 1 aliphatic carbocycles. The second kappa shape index (κ2) is 8.13. The van der Waals surface area contributed by atoms with Gasteiger partial charge in [0.1, 0.15) is 11.5 Å². The third-order valence-corrected chi connectivity index (χ3v) is 5.76. The van der Waals surface area contributed by atoms with Crippen LogP contribution in [0.4, 0.5) is 0 Å². The zero-order valence-electron chi connectivity index (χ0n) is 15.9. The number of carbonyl (C=O) groups is 1. The lowest BCUT2D eigenvalue weighted by Gasteiger charge is -2.27. The van der Waals surface area contributed by atoms with Gasteiger partial charge in [0.15, 0.2) is 0 Å². The fraction of sp³-hybridized carbons (Fsp3) is 0.435. The van der Waals surface area contributed by atoms with Gasteiger partial charge in [0.05, 0.1) is 13.5 Å². The van der Waals surface area contributed by atoms with Crippen molar-refractivity contribution in [1.82, 2.24) is 5.32 Å². The molecule has 27 heavy (non-hydrogen) atoms. The molecule has 2 aliphatic rings. The molecule has 2 aromatic carbocycles. The van der Waals surface area contributed by atoms with Crippen LogP contribution in [0, 0.1) is 0 Å². The molecular weight excluding hydrogens is 338 g/mol. The predicted octanol–water partition coefficient (Wildman–Crippen LogP) is 3.80. The molecule has 142 valence electrons. The number of hydrogen-bond acceptors (Lipinski definition) is 4. The van der Waals surface area contributed by atoms with Gasteiger partial charge in [0.2, 0.25) is 0 Å². The maximum absolute atomic E-state index is 11.3. The minimum atomic E-state index is -0.148. The fourth-order valence-electron chi connectivity index (χ4n) is 4.35. The Morgan fingerprint density at radius 1 is 1.22 bits per heavy atom. The molecule has 0 saturated heterocycles. The van der Waals surface area contributed by atoms with Gasteiger partial charge < -0.3 is 14.8 Å². The van der Waals surface area contributed by atoms with Crippen LogP contribution in [0.3, 0.4) is 0 Å². The van der Waals surface area contributed by atoms with Crippen molar-refractivity contribution in [3.63, 3.8) is 0 Å². The van der Waals surface area contributed by atoms with E-state index < -0.39 is 0 Å². The Balaban J connectivity index is 1.26. The quantitative estimate of drug-likeness (QED) is 0.461. The van der Waals surface area contributed by atoms with Crippen molar-refractivity contribution < 1.29 is 14.3 Å². The fourth-order valence-corrected chi connectivity index (χ4v) is 4.35. The van der Waals surface area contributed by atoms with Crippen LogP contribution in [0.15, 0.2) is 36.4 Å². The monoisotopic (exact) mass is 365 g/mol. The standard InChI is InChI=1S/C23H27NO3/c1-26-21-7-3-5-19-17(4-2-6-20(19)21)11-13-24-12-10-16-8-9-18-15-23(25)27-22(18)14-16/h3,5,7-9,14,17,24H,2,4,6,10-13,15H2,1H3. The van der Waals surface area contributed by atoms with Crippen LogP contribution in [0.25, 0.3) is 0 Å². The number of carbonyl (C=O) groups excluding carboxylic acids is 1. The molecule has 2 aromatic rings. The van der Waals surface area contributed by atoms with E-state index in [0.717, 1.165) is 49.4 Å². The molecule has 1 unspecified atom stereocenters. The average molecular weight is 365 g/mol. The van der Waals surface area contributed by atoms with Gasteiger partial charge in [-0.3, -0.25) is 4.79 Å². The number of nitrogens with one attached hydrogen (secondary N) is 1. The van der Waals surface area contributed by atoms with Crippen LogP contribution in [0.1, 0.15) is 47.4 Å². The number of benzene rings is 2. The van der Waals surface area contributed by atoms with E-state index in [1.54, 1.807) is 7.11 Å². The molecule has 0 amide bonds. The van der Waals surface area contributed by atoms with Crippen molar-refractivity contribution in [2.24, 2.45) is 0 Å². The van der Waals surface area contributed by atoms with Gasteiger partial charge in [-0.15, -0.1) is 0 Å². The van der Waals surface area contributed by atoms with E-state index in [4.69, 9.17) is 9.47 Å². The van der Waals surface area contributed by atoms with Crippen LogP contribution in [0.2, 0.25) is 0 Å². The van der Waals surface area contributed by atoms with Crippen molar-refractivity contribution >= 4 is 5.97 Å². The molecule has 0 bridgehead atoms. The lowest BCUT2D eigenvalue weighted by atomic mass is 9.80. The first kappa shape index (κ1) is 18.1. The summed E-state index contributed by atoms with van der Waals surface area (Å²) in [4.78, 5) is 11.3. The molecule has 0 aromatic heterocycles. The zero-order chi connectivity index (χ0) is 18.6. The van der Waals surface area contributed by atoms with E-state index in [0.29, 0.717) is 12.3 Å². The molecule has 0 radical (unpaired) electrons. The van der Waals surface area contributed by atoms with Crippen molar-refractivity contribution in [2.75, 3.05) is 20.2 Å².